The van der Waals surface area contributed by atoms with Crippen LogP contribution in [0.4, 0.5) is 48.3 Å². The van der Waals surface area contributed by atoms with Crippen molar-refractivity contribution in [1.82, 2.24) is 19.9 Å². The number of aromatic nitrogens is 4. The SMILES string of the molecule is COc1cc(C(=O)CCC(F)(CF)c2ccc(OC)c(-c3ccc(F)c(Cl)c3)n2)ccc1OCCO.COc1ccc(C(F)(CF)C[N+](=O)[O-])nc1-c1ccc(F)c(Cl)c1.COc1ccc(C(F)(CN)CF)nc1-c1ccc(F)c(Cl)c1.COc1ccc(C(O)(CF)C[N+](=O)[O-])nc1-c1ccc(F)c(Cl)c1. The maximum absolute atomic E-state index is 15.8. The molecule has 9 rings (SSSR count). The van der Waals surface area contributed by atoms with Crippen molar-refractivity contribution < 1.29 is 102 Å². The van der Waals surface area contributed by atoms with E-state index in [1.807, 2.05) is 0 Å². The second-order valence-corrected chi connectivity index (χ2v) is 24.1. The zero-order valence-electron chi connectivity index (χ0n) is 56.4. The molecule has 0 radical (unpaired) electrons. The van der Waals surface area contributed by atoms with Crippen LogP contribution in [-0.4, -0.2) is 141 Å². The summed E-state index contributed by atoms with van der Waals surface area (Å²) >= 11 is 23.1. The molecule has 9 aromatic rings. The summed E-state index contributed by atoms with van der Waals surface area (Å²) in [5.74, 6) is -1.32. The monoisotopic (exact) mass is 1570 g/mol. The van der Waals surface area contributed by atoms with Crippen molar-refractivity contribution in [3.8, 4) is 79.5 Å². The molecule has 0 aliphatic heterocycles. The van der Waals surface area contributed by atoms with Gasteiger partial charge in [-0.1, -0.05) is 46.4 Å². The lowest BCUT2D eigenvalue weighted by molar-refractivity contribution is -0.503. The van der Waals surface area contributed by atoms with Gasteiger partial charge in [-0.15, -0.1) is 0 Å². The van der Waals surface area contributed by atoms with Crippen LogP contribution in [0.5, 0.6) is 34.5 Å². The van der Waals surface area contributed by atoms with Crippen molar-refractivity contribution in [3.63, 3.8) is 0 Å². The van der Waals surface area contributed by atoms with Crippen LogP contribution in [-0.2, 0) is 22.6 Å². The molecule has 106 heavy (non-hydrogen) atoms. The number of pyridine rings is 4. The van der Waals surface area contributed by atoms with Gasteiger partial charge in [-0.25, -0.2) is 68.2 Å². The highest BCUT2D eigenvalue weighted by molar-refractivity contribution is 6.32. The number of methoxy groups -OCH3 is 5. The molecule has 0 aliphatic rings. The van der Waals surface area contributed by atoms with Gasteiger partial charge in [0.1, 0.15) is 102 Å². The number of Topliss-reactive ketones (excluding diaryl/α,β-unsaturated/α-hetero) is 1. The zero-order chi connectivity index (χ0) is 78.4. The number of nitrogens with zero attached hydrogens (tertiary/aromatic N) is 6. The lowest BCUT2D eigenvalue weighted by Crippen LogP contribution is -2.37. The molecular formula is C71H64Cl4F11N7O13. The van der Waals surface area contributed by atoms with Crippen molar-refractivity contribution in [1.29, 1.82) is 0 Å². The Labute approximate surface area is 618 Å². The van der Waals surface area contributed by atoms with Gasteiger partial charge in [0.05, 0.1) is 85.0 Å². The largest absolute Gasteiger partial charge is 0.494 e. The Kier molecular flexibility index (Phi) is 30.9. The summed E-state index contributed by atoms with van der Waals surface area (Å²) in [6, 6.07) is 30.1. The number of carbonyl (C=O) groups is 1. The normalized spacial score (nSPS) is 13.2. The molecule has 4 unspecified atom stereocenters. The number of hydrogen-bond donors (Lipinski definition) is 3. The minimum absolute atomic E-state index is 0.0471. The number of hydrogen-bond acceptors (Lipinski definition) is 18. The summed E-state index contributed by atoms with van der Waals surface area (Å²) in [5, 5.41) is 39.8. The fraction of sp³-hybridized carbons (Fsp3) is 0.282. The van der Waals surface area contributed by atoms with Gasteiger partial charge in [-0.3, -0.25) is 25.0 Å². The number of ether oxygens (including phenoxy) is 6. The molecule has 566 valence electrons. The Morgan fingerprint density at radius 3 is 1.10 bits per heavy atom. The molecule has 0 saturated heterocycles. The van der Waals surface area contributed by atoms with Crippen molar-refractivity contribution >= 4 is 52.2 Å². The van der Waals surface area contributed by atoms with Gasteiger partial charge in [0.25, 0.3) is 0 Å². The number of aliphatic hydroxyl groups is 2. The van der Waals surface area contributed by atoms with Crippen LogP contribution in [0.25, 0.3) is 45.0 Å². The third kappa shape index (κ3) is 21.3. The second-order valence-electron chi connectivity index (χ2n) is 22.5. The van der Waals surface area contributed by atoms with Crippen LogP contribution in [0, 0.1) is 43.5 Å². The Balaban J connectivity index is 0.000000226. The average Bonchev–Trinajstić information content (AvgIpc) is 0.806. The summed E-state index contributed by atoms with van der Waals surface area (Å²) in [6.07, 6.45) is -0.789. The number of alkyl halides is 7. The highest BCUT2D eigenvalue weighted by Gasteiger charge is 2.42. The van der Waals surface area contributed by atoms with Gasteiger partial charge in [-0.05, 0) is 146 Å². The van der Waals surface area contributed by atoms with Crippen LogP contribution in [0.15, 0.2) is 140 Å². The van der Waals surface area contributed by atoms with Gasteiger partial charge in [0, 0.05) is 50.6 Å². The molecule has 0 bridgehead atoms. The molecule has 20 nitrogen and oxygen atoms in total. The van der Waals surface area contributed by atoms with E-state index in [-0.39, 0.29) is 108 Å². The lowest BCUT2D eigenvalue weighted by Gasteiger charge is -2.22. The molecular weight excluding hydrogens is 1510 g/mol. The van der Waals surface area contributed by atoms with E-state index < -0.39 is 120 Å². The van der Waals surface area contributed by atoms with Crippen LogP contribution in [0.2, 0.25) is 20.1 Å². The van der Waals surface area contributed by atoms with Crippen molar-refractivity contribution in [2.75, 3.05) is 95.1 Å². The van der Waals surface area contributed by atoms with Gasteiger partial charge in [-0.2, -0.15) is 0 Å². The van der Waals surface area contributed by atoms with Gasteiger partial charge < -0.3 is 44.4 Å². The molecule has 5 aromatic carbocycles. The minimum Gasteiger partial charge on any atom is -0.494 e. The Morgan fingerprint density at radius 1 is 0.462 bits per heavy atom. The molecule has 4 heterocycles. The van der Waals surface area contributed by atoms with Crippen molar-refractivity contribution in [3.05, 3.63) is 231 Å². The molecule has 35 heteroatoms. The highest BCUT2D eigenvalue weighted by atomic mass is 35.5. The number of nitrogens with two attached hydrogens (primary N) is 1. The molecule has 0 fully saturated rings. The van der Waals surface area contributed by atoms with Crippen LogP contribution in [0.3, 0.4) is 0 Å². The number of halogens is 15. The quantitative estimate of drug-likeness (QED) is 0.0170. The molecule has 4 N–H and O–H groups in total. The smallest absolute Gasteiger partial charge is 0.245 e. The maximum atomic E-state index is 15.8. The van der Waals surface area contributed by atoms with E-state index in [0.717, 1.165) is 30.3 Å². The van der Waals surface area contributed by atoms with E-state index in [2.05, 4.69) is 19.9 Å². The summed E-state index contributed by atoms with van der Waals surface area (Å²) in [6.45, 7) is -8.74. The number of aliphatic hydroxyl groups excluding tert-OH is 1. The second kappa shape index (κ2) is 38.5. The van der Waals surface area contributed by atoms with E-state index >= 15 is 4.39 Å². The fourth-order valence-corrected chi connectivity index (χ4v) is 10.4. The van der Waals surface area contributed by atoms with Gasteiger partial charge >= 0.3 is 0 Å². The molecule has 0 amide bonds. The number of benzene rings is 5. The first-order valence-corrected chi connectivity index (χ1v) is 32.3. The zero-order valence-corrected chi connectivity index (χ0v) is 59.4. The number of carbonyl (C=O) groups excluding carboxylic acids is 1. The summed E-state index contributed by atoms with van der Waals surface area (Å²) in [4.78, 5) is 48.6. The average molecular weight is 1570 g/mol. The van der Waals surface area contributed by atoms with E-state index in [1.165, 1.54) is 145 Å². The molecule has 0 spiro atoms. The van der Waals surface area contributed by atoms with E-state index in [4.69, 9.17) is 85.7 Å². The predicted molar refractivity (Wildman–Crippen MR) is 373 cm³/mol. The van der Waals surface area contributed by atoms with Crippen molar-refractivity contribution in [2.24, 2.45) is 5.73 Å². The third-order valence-corrected chi connectivity index (χ3v) is 16.6. The maximum Gasteiger partial charge on any atom is 0.245 e. The number of ketones is 1. The Bertz CT molecular complexity index is 4440. The van der Waals surface area contributed by atoms with Crippen LogP contribution >= 0.6 is 46.4 Å². The van der Waals surface area contributed by atoms with Gasteiger partial charge in [0.2, 0.25) is 18.8 Å². The molecule has 0 aliphatic carbocycles. The standard InChI is InChI=1S/C26H25ClF3NO5.C15H12ClF3N2O3.C15H14ClF3N2O.C15H13ClF2N2O4/c1-34-22-7-8-24(31-25(22)17-3-5-19(29)18(27)13-17)26(30,15-28)10-9-20(33)16-4-6-21(36-12-11-32)23(14-16)35-2;1-24-12-4-5-13(15(19,7-17)8-21(22)23)20-14(12)9-2-3-11(18)10(16)6-9;1-22-12-4-5-13(15(19,7-17)8-20)21-14(12)9-2-3-11(18)10(16)6-9;1-24-12-4-5-13(15(21,7-17)8-20(22)23)19-14(12)9-2-3-11(18)10(16)6-9/h3-8,13-14,32H,9-12,15H2,1-2H3;2-6H,7-8H2,1H3;2-6H,7-8,20H2,1H3;2-6,21H,7-8H2,1H3. The Hall–Kier alpha value is -9.76. The van der Waals surface area contributed by atoms with Crippen molar-refractivity contribution in [2.45, 2.75) is 35.4 Å². The first-order chi connectivity index (χ1) is 50.3. The van der Waals surface area contributed by atoms with Crippen LogP contribution < -0.4 is 34.2 Å². The van der Waals surface area contributed by atoms with E-state index in [9.17, 15) is 74.0 Å². The topological polar surface area (TPSA) is 277 Å². The number of rotatable bonds is 29. The first kappa shape index (κ1) is 85.2. The third-order valence-electron chi connectivity index (χ3n) is 15.5. The first-order valence-electron chi connectivity index (χ1n) is 30.8. The summed E-state index contributed by atoms with van der Waals surface area (Å²) in [7, 11) is 6.89. The van der Waals surface area contributed by atoms with E-state index in [0.29, 0.717) is 33.8 Å². The fourth-order valence-electron chi connectivity index (χ4n) is 9.72. The lowest BCUT2D eigenvalue weighted by atomic mass is 9.93. The number of nitro groups is 2. The van der Waals surface area contributed by atoms with E-state index in [1.54, 1.807) is 0 Å². The minimum atomic E-state index is -2.88. The molecule has 0 saturated carbocycles. The van der Waals surface area contributed by atoms with Crippen LogP contribution in [0.1, 0.15) is 46.0 Å². The molecule has 4 aromatic heterocycles. The van der Waals surface area contributed by atoms with Gasteiger partial charge in [0.15, 0.2) is 34.2 Å². The summed E-state index contributed by atoms with van der Waals surface area (Å²) < 4.78 is 183. The summed E-state index contributed by atoms with van der Waals surface area (Å²) in [5.41, 5.74) is -3.76. The highest BCUT2D eigenvalue weighted by Crippen LogP contribution is 2.41. The predicted octanol–water partition coefficient (Wildman–Crippen LogP) is 16.3. The molecule has 4 atom stereocenters. The Morgan fingerprint density at radius 2 is 0.792 bits per heavy atom.